The number of aliphatic carboxylic acids is 1. The van der Waals surface area contributed by atoms with Gasteiger partial charge in [0, 0.05) is 13.0 Å². The summed E-state index contributed by atoms with van der Waals surface area (Å²) >= 11 is 0. The lowest BCUT2D eigenvalue weighted by Gasteiger charge is -2.12. The van der Waals surface area contributed by atoms with Crippen molar-refractivity contribution in [1.29, 1.82) is 0 Å². The predicted octanol–water partition coefficient (Wildman–Crippen LogP) is -0.238. The van der Waals surface area contributed by atoms with E-state index in [1.807, 2.05) is 6.92 Å². The van der Waals surface area contributed by atoms with Gasteiger partial charge in [-0.1, -0.05) is 6.92 Å². The van der Waals surface area contributed by atoms with Gasteiger partial charge in [0.1, 0.15) is 6.04 Å². The van der Waals surface area contributed by atoms with Gasteiger partial charge in [-0.15, -0.1) is 12.3 Å². The molecule has 0 aromatic heterocycles. The van der Waals surface area contributed by atoms with E-state index < -0.39 is 18.0 Å². The second-order valence-corrected chi connectivity index (χ2v) is 3.41. The lowest BCUT2D eigenvalue weighted by molar-refractivity contribution is -0.139. The maximum atomic E-state index is 11.3. The Balaban J connectivity index is 3.76. The van der Waals surface area contributed by atoms with Gasteiger partial charge in [-0.25, -0.2) is 9.59 Å². The molecular formula is C11H19N3O3. The van der Waals surface area contributed by atoms with Crippen molar-refractivity contribution in [2.75, 3.05) is 19.6 Å². The molecule has 2 amide bonds. The molecule has 0 radical (unpaired) electrons. The Morgan fingerprint density at radius 3 is 2.65 bits per heavy atom. The zero-order valence-electron chi connectivity index (χ0n) is 9.95. The van der Waals surface area contributed by atoms with Crippen molar-refractivity contribution in [3.63, 3.8) is 0 Å². The fourth-order valence-electron chi connectivity index (χ4n) is 1.12. The first-order valence-electron chi connectivity index (χ1n) is 5.53. The van der Waals surface area contributed by atoms with Crippen LogP contribution in [0.15, 0.2) is 0 Å². The highest BCUT2D eigenvalue weighted by molar-refractivity contribution is 5.82. The molecular weight excluding hydrogens is 222 g/mol. The zero-order chi connectivity index (χ0) is 13.1. The molecule has 1 unspecified atom stereocenters. The van der Waals surface area contributed by atoms with Crippen LogP contribution >= 0.6 is 0 Å². The number of nitrogens with one attached hydrogen (secondary N) is 3. The topological polar surface area (TPSA) is 90.5 Å². The molecule has 0 bridgehead atoms. The third-order valence-electron chi connectivity index (χ3n) is 1.99. The van der Waals surface area contributed by atoms with Gasteiger partial charge in [0.25, 0.3) is 0 Å². The van der Waals surface area contributed by atoms with Crippen LogP contribution in [-0.2, 0) is 4.79 Å². The summed E-state index contributed by atoms with van der Waals surface area (Å²) in [5, 5.41) is 16.7. The Labute approximate surface area is 101 Å². The second-order valence-electron chi connectivity index (χ2n) is 3.41. The quantitative estimate of drug-likeness (QED) is 0.349. The van der Waals surface area contributed by atoms with E-state index in [0.29, 0.717) is 6.54 Å². The van der Waals surface area contributed by atoms with Gasteiger partial charge in [-0.05, 0) is 19.5 Å². The van der Waals surface area contributed by atoms with Gasteiger partial charge in [0.2, 0.25) is 0 Å². The molecule has 6 nitrogen and oxygen atoms in total. The number of carboxylic acid groups (broad SMARTS) is 1. The Kier molecular flexibility index (Phi) is 8.51. The van der Waals surface area contributed by atoms with Crippen molar-refractivity contribution >= 4 is 12.0 Å². The Hall–Kier alpha value is -1.74. The summed E-state index contributed by atoms with van der Waals surface area (Å²) in [6.45, 7) is 4.18. The zero-order valence-corrected chi connectivity index (χ0v) is 9.95. The maximum absolute atomic E-state index is 11.3. The molecule has 96 valence electrons. The summed E-state index contributed by atoms with van der Waals surface area (Å²) < 4.78 is 0. The van der Waals surface area contributed by atoms with Crippen molar-refractivity contribution < 1.29 is 14.7 Å². The van der Waals surface area contributed by atoms with E-state index >= 15 is 0 Å². The highest BCUT2D eigenvalue weighted by Gasteiger charge is 2.17. The Morgan fingerprint density at radius 2 is 2.12 bits per heavy atom. The number of carbonyl (C=O) groups excluding carboxylic acids is 1. The highest BCUT2D eigenvalue weighted by Crippen LogP contribution is 1.90. The molecule has 0 aromatic carbocycles. The van der Waals surface area contributed by atoms with Crippen LogP contribution in [0.4, 0.5) is 4.79 Å². The number of urea groups is 1. The Morgan fingerprint density at radius 1 is 1.41 bits per heavy atom. The molecule has 17 heavy (non-hydrogen) atoms. The summed E-state index contributed by atoms with van der Waals surface area (Å²) in [6, 6.07) is -1.54. The number of carboxylic acids is 1. The normalized spacial score (nSPS) is 11.3. The van der Waals surface area contributed by atoms with Crippen LogP contribution in [-0.4, -0.2) is 42.8 Å². The van der Waals surface area contributed by atoms with Gasteiger partial charge in [-0.2, -0.15) is 0 Å². The first-order valence-corrected chi connectivity index (χ1v) is 5.53. The molecule has 6 heteroatoms. The minimum atomic E-state index is -1.13. The lowest BCUT2D eigenvalue weighted by atomic mass is 10.2. The lowest BCUT2D eigenvalue weighted by Crippen LogP contribution is -2.46. The van der Waals surface area contributed by atoms with Crippen molar-refractivity contribution in [2.24, 2.45) is 0 Å². The summed E-state index contributed by atoms with van der Waals surface area (Å²) in [5.74, 6) is 1.07. The van der Waals surface area contributed by atoms with E-state index in [2.05, 4.69) is 21.9 Å². The summed E-state index contributed by atoms with van der Waals surface area (Å²) in [4.78, 5) is 22.0. The third-order valence-corrected chi connectivity index (χ3v) is 1.99. The van der Waals surface area contributed by atoms with Gasteiger partial charge >= 0.3 is 12.0 Å². The van der Waals surface area contributed by atoms with Crippen LogP contribution < -0.4 is 16.0 Å². The van der Waals surface area contributed by atoms with Crippen LogP contribution in [0.2, 0.25) is 0 Å². The van der Waals surface area contributed by atoms with Gasteiger partial charge in [-0.3, -0.25) is 0 Å². The van der Waals surface area contributed by atoms with Crippen LogP contribution in [0.5, 0.6) is 0 Å². The van der Waals surface area contributed by atoms with Crippen LogP contribution in [0.25, 0.3) is 0 Å². The molecule has 0 aromatic rings. The number of hydrogen-bond acceptors (Lipinski definition) is 3. The minimum absolute atomic E-state index is 0.0276. The standard InChI is InChI=1S/C11H19N3O3/c1-3-6-9(10(15)16)14-11(17)13-8-5-7-12-4-2/h1,9,12H,4-8H2,2H3,(H,15,16)(H2,13,14,17). The molecule has 0 aliphatic heterocycles. The molecule has 0 saturated carbocycles. The SMILES string of the molecule is C#CCC(NC(=O)NCCCNCC)C(=O)O. The smallest absolute Gasteiger partial charge is 0.327 e. The summed E-state index contributed by atoms with van der Waals surface area (Å²) in [7, 11) is 0. The first-order chi connectivity index (χ1) is 8.11. The van der Waals surface area contributed by atoms with E-state index in [1.54, 1.807) is 0 Å². The number of carbonyl (C=O) groups is 2. The molecule has 0 heterocycles. The van der Waals surface area contributed by atoms with Crippen LogP contribution in [0, 0.1) is 12.3 Å². The second kappa shape index (κ2) is 9.48. The number of terminal acetylenes is 1. The monoisotopic (exact) mass is 241 g/mol. The van der Waals surface area contributed by atoms with Gasteiger partial charge in [0.05, 0.1) is 0 Å². The average Bonchev–Trinajstić information content (AvgIpc) is 2.28. The van der Waals surface area contributed by atoms with Gasteiger partial charge < -0.3 is 21.1 Å². The molecule has 4 N–H and O–H groups in total. The van der Waals surface area contributed by atoms with Crippen molar-refractivity contribution in [3.05, 3.63) is 0 Å². The first kappa shape index (κ1) is 15.3. The highest BCUT2D eigenvalue weighted by atomic mass is 16.4. The molecule has 0 spiro atoms. The Bertz CT molecular complexity index is 286. The molecule has 0 aliphatic carbocycles. The third kappa shape index (κ3) is 8.11. The maximum Gasteiger partial charge on any atom is 0.327 e. The predicted molar refractivity (Wildman–Crippen MR) is 64.6 cm³/mol. The molecule has 0 rings (SSSR count). The van der Waals surface area contributed by atoms with E-state index in [-0.39, 0.29) is 6.42 Å². The van der Waals surface area contributed by atoms with E-state index in [9.17, 15) is 9.59 Å². The van der Waals surface area contributed by atoms with Crippen LogP contribution in [0.3, 0.4) is 0 Å². The summed E-state index contributed by atoms with van der Waals surface area (Å²) in [6.07, 6.45) is 5.76. The fourth-order valence-corrected chi connectivity index (χ4v) is 1.12. The van der Waals surface area contributed by atoms with E-state index in [1.165, 1.54) is 0 Å². The molecule has 0 fully saturated rings. The molecule has 0 aliphatic rings. The van der Waals surface area contributed by atoms with Crippen molar-refractivity contribution in [2.45, 2.75) is 25.8 Å². The van der Waals surface area contributed by atoms with E-state index in [4.69, 9.17) is 11.5 Å². The molecule has 0 saturated heterocycles. The fraction of sp³-hybridized carbons (Fsp3) is 0.636. The largest absolute Gasteiger partial charge is 0.480 e. The van der Waals surface area contributed by atoms with Crippen molar-refractivity contribution in [3.8, 4) is 12.3 Å². The number of hydrogen-bond donors (Lipinski definition) is 4. The minimum Gasteiger partial charge on any atom is -0.480 e. The average molecular weight is 241 g/mol. The number of rotatable bonds is 8. The summed E-state index contributed by atoms with van der Waals surface area (Å²) in [5.41, 5.74) is 0. The molecule has 1 atom stereocenters. The van der Waals surface area contributed by atoms with Crippen LogP contribution in [0.1, 0.15) is 19.8 Å². The van der Waals surface area contributed by atoms with Crippen molar-refractivity contribution in [1.82, 2.24) is 16.0 Å². The van der Waals surface area contributed by atoms with Gasteiger partial charge in [0.15, 0.2) is 0 Å². The number of amides is 2. The van der Waals surface area contributed by atoms with E-state index in [0.717, 1.165) is 19.5 Å².